The van der Waals surface area contributed by atoms with Crippen molar-refractivity contribution in [3.63, 3.8) is 0 Å². The normalized spacial score (nSPS) is 10.2. The number of amides is 1. The van der Waals surface area contributed by atoms with Crippen LogP contribution in [0.25, 0.3) is 0 Å². The van der Waals surface area contributed by atoms with Crippen LogP contribution in [-0.2, 0) is 6.42 Å². The van der Waals surface area contributed by atoms with Gasteiger partial charge in [0.05, 0.1) is 10.6 Å². The first kappa shape index (κ1) is 17.7. The zero-order valence-electron chi connectivity index (χ0n) is 13.5. The molecule has 0 aliphatic rings. The van der Waals surface area contributed by atoms with Gasteiger partial charge in [0.2, 0.25) is 5.91 Å². The Balaban J connectivity index is 2.10. The molecule has 2 aromatic rings. The number of primary amides is 1. The van der Waals surface area contributed by atoms with Gasteiger partial charge in [0.15, 0.2) is 5.82 Å². The van der Waals surface area contributed by atoms with E-state index in [4.69, 9.17) is 16.7 Å². The number of hydrogen-bond donors (Lipinski definition) is 3. The number of aryl methyl sites for hydroxylation is 1. The average Bonchev–Trinajstić information content (AvgIpc) is 2.93. The maximum Gasteiger partial charge on any atom is 0.293 e. The second-order valence-electron chi connectivity index (χ2n) is 5.42. The van der Waals surface area contributed by atoms with Crippen LogP contribution in [0.5, 0.6) is 0 Å². The second-order valence-corrected chi connectivity index (χ2v) is 5.42. The molecule has 0 bridgehead atoms. The van der Waals surface area contributed by atoms with Gasteiger partial charge in [-0.1, -0.05) is 0 Å². The molecular formula is C15H17N7O3. The highest BCUT2D eigenvalue weighted by atomic mass is 16.6. The molecule has 10 heteroatoms. The molecule has 0 saturated heterocycles. The van der Waals surface area contributed by atoms with E-state index in [2.05, 4.69) is 10.2 Å². The number of benzene rings is 1. The number of H-pyrrole nitrogens is 1. The highest BCUT2D eigenvalue weighted by Crippen LogP contribution is 2.28. The van der Waals surface area contributed by atoms with Crippen LogP contribution in [-0.4, -0.2) is 34.6 Å². The van der Waals surface area contributed by atoms with E-state index >= 15 is 0 Å². The van der Waals surface area contributed by atoms with E-state index in [-0.39, 0.29) is 17.1 Å². The third-order valence-corrected chi connectivity index (χ3v) is 3.77. The van der Waals surface area contributed by atoms with Crippen LogP contribution in [0, 0.1) is 21.4 Å². The van der Waals surface area contributed by atoms with Crippen molar-refractivity contribution in [2.45, 2.75) is 12.8 Å². The summed E-state index contributed by atoms with van der Waals surface area (Å²) >= 11 is 0. The maximum absolute atomic E-state index is 11.2. The monoisotopic (exact) mass is 343 g/mol. The molecule has 0 unspecified atom stereocenters. The molecule has 1 aromatic carbocycles. The molecule has 0 aliphatic heterocycles. The molecule has 0 radical (unpaired) electrons. The fourth-order valence-electron chi connectivity index (χ4n) is 2.46. The number of nitrogens with one attached hydrogen (secondary N) is 1. The molecular weight excluding hydrogens is 326 g/mol. The molecule has 1 amide bonds. The number of nitriles is 1. The van der Waals surface area contributed by atoms with Crippen molar-refractivity contribution < 1.29 is 9.72 Å². The van der Waals surface area contributed by atoms with Crippen molar-refractivity contribution in [3.05, 3.63) is 45.1 Å². The summed E-state index contributed by atoms with van der Waals surface area (Å²) in [4.78, 5) is 23.6. The van der Waals surface area contributed by atoms with Crippen LogP contribution in [0.3, 0.4) is 0 Å². The minimum atomic E-state index is -0.724. The summed E-state index contributed by atoms with van der Waals surface area (Å²) in [7, 11) is 1.71. The van der Waals surface area contributed by atoms with Crippen LogP contribution < -0.4 is 16.4 Å². The number of carbonyl (C=O) groups is 1. The minimum absolute atomic E-state index is 0.0791. The van der Waals surface area contributed by atoms with Gasteiger partial charge in [0.1, 0.15) is 17.3 Å². The Bertz CT molecular complexity index is 853. The summed E-state index contributed by atoms with van der Waals surface area (Å²) in [6.07, 6.45) is 1.13. The number of nitro benzene ring substituents is 1. The Morgan fingerprint density at radius 2 is 2.24 bits per heavy atom. The second kappa shape index (κ2) is 7.31. The van der Waals surface area contributed by atoms with E-state index in [1.807, 2.05) is 6.07 Å². The SMILES string of the molecule is CN(CCCc1[nH]nc(N)c1C#N)c1ccc(C(N)=O)cc1[N+](=O)[O-]. The Kier molecular flexibility index (Phi) is 5.18. The largest absolute Gasteiger partial charge is 0.381 e. The van der Waals surface area contributed by atoms with Gasteiger partial charge in [0, 0.05) is 25.2 Å². The molecule has 0 aliphatic carbocycles. The number of aromatic nitrogens is 2. The Morgan fingerprint density at radius 3 is 2.84 bits per heavy atom. The van der Waals surface area contributed by atoms with E-state index in [9.17, 15) is 14.9 Å². The minimum Gasteiger partial charge on any atom is -0.381 e. The first-order chi connectivity index (χ1) is 11.8. The van der Waals surface area contributed by atoms with Gasteiger partial charge in [-0.25, -0.2) is 0 Å². The molecule has 0 fully saturated rings. The molecule has 0 spiro atoms. The molecule has 5 N–H and O–H groups in total. The van der Waals surface area contributed by atoms with Crippen LogP contribution in [0.15, 0.2) is 18.2 Å². The smallest absolute Gasteiger partial charge is 0.293 e. The van der Waals surface area contributed by atoms with Crippen molar-refractivity contribution in [3.8, 4) is 6.07 Å². The quantitative estimate of drug-likeness (QED) is 0.496. The van der Waals surface area contributed by atoms with Gasteiger partial charge in [0.25, 0.3) is 5.69 Å². The lowest BCUT2D eigenvalue weighted by atomic mass is 10.1. The molecule has 130 valence electrons. The number of aromatic amines is 1. The van der Waals surface area contributed by atoms with Crippen molar-refractivity contribution in [2.24, 2.45) is 5.73 Å². The standard InChI is InChI=1S/C15H17N7O3/c1-21(6-2-3-11-10(8-16)14(17)20-19-11)12-5-4-9(15(18)23)7-13(12)22(24)25/h4-5,7H,2-3,6H2,1H3,(H2,18,23)(H3,17,19,20). The number of nitrogens with zero attached hydrogens (tertiary/aromatic N) is 4. The van der Waals surface area contributed by atoms with E-state index in [0.717, 1.165) is 6.07 Å². The Hall–Kier alpha value is -3.61. The topological polar surface area (TPSA) is 168 Å². The number of hydrogen-bond acceptors (Lipinski definition) is 7. The van der Waals surface area contributed by atoms with Crippen LogP contribution in [0.1, 0.15) is 28.0 Å². The Morgan fingerprint density at radius 1 is 1.52 bits per heavy atom. The number of anilines is 2. The molecule has 25 heavy (non-hydrogen) atoms. The lowest BCUT2D eigenvalue weighted by molar-refractivity contribution is -0.384. The van der Waals surface area contributed by atoms with Crippen molar-refractivity contribution >= 4 is 23.1 Å². The van der Waals surface area contributed by atoms with Crippen LogP contribution in [0.4, 0.5) is 17.2 Å². The van der Waals surface area contributed by atoms with Gasteiger partial charge in [-0.15, -0.1) is 0 Å². The number of nitrogens with two attached hydrogens (primary N) is 2. The van der Waals surface area contributed by atoms with Crippen molar-refractivity contribution in [1.82, 2.24) is 10.2 Å². The number of nitrogen functional groups attached to an aromatic ring is 1. The number of carbonyl (C=O) groups excluding carboxylic acids is 1. The van der Waals surface area contributed by atoms with Gasteiger partial charge in [-0.05, 0) is 25.0 Å². The van der Waals surface area contributed by atoms with Crippen LogP contribution in [0.2, 0.25) is 0 Å². The van der Waals surface area contributed by atoms with Crippen molar-refractivity contribution in [1.29, 1.82) is 5.26 Å². The van der Waals surface area contributed by atoms with Gasteiger partial charge in [-0.3, -0.25) is 20.0 Å². The van der Waals surface area contributed by atoms with Gasteiger partial charge >= 0.3 is 0 Å². The summed E-state index contributed by atoms with van der Waals surface area (Å²) in [5.74, 6) is -0.568. The van der Waals surface area contributed by atoms with E-state index in [1.165, 1.54) is 12.1 Å². The maximum atomic E-state index is 11.2. The zero-order chi connectivity index (χ0) is 18.6. The van der Waals surface area contributed by atoms with E-state index in [0.29, 0.717) is 36.3 Å². The lowest BCUT2D eigenvalue weighted by Gasteiger charge is -2.19. The predicted octanol–water partition coefficient (Wildman–Crippen LogP) is 0.940. The highest BCUT2D eigenvalue weighted by Gasteiger charge is 2.19. The third kappa shape index (κ3) is 3.84. The molecule has 0 saturated carbocycles. The third-order valence-electron chi connectivity index (χ3n) is 3.77. The number of nitro groups is 1. The number of rotatable bonds is 7. The molecule has 0 atom stereocenters. The summed E-state index contributed by atoms with van der Waals surface area (Å²) in [5, 5.41) is 26.8. The van der Waals surface area contributed by atoms with Gasteiger partial charge in [-0.2, -0.15) is 10.4 Å². The summed E-state index contributed by atoms with van der Waals surface area (Å²) in [5.41, 5.74) is 12.0. The predicted molar refractivity (Wildman–Crippen MR) is 90.9 cm³/mol. The molecule has 1 aromatic heterocycles. The molecule has 1 heterocycles. The van der Waals surface area contributed by atoms with E-state index < -0.39 is 10.8 Å². The molecule has 2 rings (SSSR count). The highest BCUT2D eigenvalue weighted by molar-refractivity contribution is 5.94. The van der Waals surface area contributed by atoms with Crippen LogP contribution >= 0.6 is 0 Å². The first-order valence-electron chi connectivity index (χ1n) is 7.37. The first-order valence-corrected chi connectivity index (χ1v) is 7.37. The zero-order valence-corrected chi connectivity index (χ0v) is 13.5. The fourth-order valence-corrected chi connectivity index (χ4v) is 2.46. The fraction of sp³-hybridized carbons (Fsp3) is 0.267. The molecule has 10 nitrogen and oxygen atoms in total. The van der Waals surface area contributed by atoms with Crippen molar-refractivity contribution in [2.75, 3.05) is 24.2 Å². The van der Waals surface area contributed by atoms with E-state index in [1.54, 1.807) is 11.9 Å². The summed E-state index contributed by atoms with van der Waals surface area (Å²) in [6.45, 7) is 0.487. The lowest BCUT2D eigenvalue weighted by Crippen LogP contribution is -2.21. The summed E-state index contributed by atoms with van der Waals surface area (Å²) < 4.78 is 0. The Labute approximate surface area is 143 Å². The van der Waals surface area contributed by atoms with Gasteiger partial charge < -0.3 is 16.4 Å². The average molecular weight is 343 g/mol. The summed E-state index contributed by atoms with van der Waals surface area (Å²) in [6, 6.07) is 6.10.